The van der Waals surface area contributed by atoms with Crippen molar-refractivity contribution in [2.45, 2.75) is 12.5 Å². The van der Waals surface area contributed by atoms with Gasteiger partial charge in [-0.05, 0) is 36.2 Å². The zero-order chi connectivity index (χ0) is 14.7. The molecule has 0 fully saturated rings. The molecule has 0 spiro atoms. The van der Waals surface area contributed by atoms with Crippen LogP contribution < -0.4 is 10.5 Å². The molecule has 2 aromatic carbocycles. The lowest BCUT2D eigenvalue weighted by Gasteiger charge is -2.14. The van der Waals surface area contributed by atoms with Crippen LogP contribution in [0.25, 0.3) is 0 Å². The highest BCUT2D eigenvalue weighted by Gasteiger charge is 2.15. The number of nitrogens with two attached hydrogens (primary N) is 1. The van der Waals surface area contributed by atoms with Gasteiger partial charge in [-0.25, -0.2) is 13.2 Å². The van der Waals surface area contributed by atoms with Gasteiger partial charge in [0, 0.05) is 11.6 Å². The van der Waals surface area contributed by atoms with Crippen molar-refractivity contribution in [1.29, 1.82) is 0 Å². The minimum atomic E-state index is -0.707. The zero-order valence-electron chi connectivity index (χ0n) is 10.9. The molecule has 1 atom stereocenters. The molecule has 0 heterocycles. The lowest BCUT2D eigenvalue weighted by molar-refractivity contribution is 0.386. The molecule has 0 bridgehead atoms. The number of rotatable bonds is 4. The van der Waals surface area contributed by atoms with Gasteiger partial charge in [-0.1, -0.05) is 12.1 Å². The Hall–Kier alpha value is -2.01. The highest BCUT2D eigenvalue weighted by Crippen LogP contribution is 2.24. The predicted octanol–water partition coefficient (Wildman–Crippen LogP) is 3.36. The Balaban J connectivity index is 2.24. The number of benzene rings is 2. The summed E-state index contributed by atoms with van der Waals surface area (Å²) in [6, 6.07) is 7.13. The molecule has 0 aromatic heterocycles. The molecule has 2 nitrogen and oxygen atoms in total. The third-order valence-electron chi connectivity index (χ3n) is 3.09. The van der Waals surface area contributed by atoms with Gasteiger partial charge in [-0.2, -0.15) is 0 Å². The van der Waals surface area contributed by atoms with E-state index in [1.54, 1.807) is 6.07 Å². The fourth-order valence-corrected chi connectivity index (χ4v) is 1.98. The normalized spacial score (nSPS) is 12.2. The van der Waals surface area contributed by atoms with Crippen LogP contribution in [0.1, 0.15) is 17.2 Å². The van der Waals surface area contributed by atoms with Crippen LogP contribution in [-0.4, -0.2) is 7.11 Å². The van der Waals surface area contributed by atoms with E-state index in [2.05, 4.69) is 0 Å². The molecule has 0 saturated heterocycles. The van der Waals surface area contributed by atoms with Gasteiger partial charge in [-0.3, -0.25) is 0 Å². The molecular weight excluding hydrogens is 267 g/mol. The van der Waals surface area contributed by atoms with Crippen molar-refractivity contribution < 1.29 is 17.9 Å². The first kappa shape index (κ1) is 14.4. The first-order valence-corrected chi connectivity index (χ1v) is 6.05. The van der Waals surface area contributed by atoms with E-state index in [0.717, 1.165) is 0 Å². The van der Waals surface area contributed by atoms with Crippen LogP contribution >= 0.6 is 0 Å². The molecule has 106 valence electrons. The lowest BCUT2D eigenvalue weighted by Crippen LogP contribution is -2.15. The summed E-state index contributed by atoms with van der Waals surface area (Å²) < 4.78 is 45.4. The molecule has 0 radical (unpaired) electrons. The van der Waals surface area contributed by atoms with Gasteiger partial charge in [0.15, 0.2) is 11.6 Å². The largest absolute Gasteiger partial charge is 0.494 e. The minimum Gasteiger partial charge on any atom is -0.494 e. The third-order valence-corrected chi connectivity index (χ3v) is 3.09. The van der Waals surface area contributed by atoms with Gasteiger partial charge < -0.3 is 10.5 Å². The predicted molar refractivity (Wildman–Crippen MR) is 69.9 cm³/mol. The smallest absolute Gasteiger partial charge is 0.165 e. The molecular formula is C15H14F3NO. The van der Waals surface area contributed by atoms with Crippen molar-refractivity contribution in [3.05, 3.63) is 65.0 Å². The van der Waals surface area contributed by atoms with Crippen LogP contribution in [0.15, 0.2) is 36.4 Å². The van der Waals surface area contributed by atoms with E-state index in [0.29, 0.717) is 5.56 Å². The Labute approximate surface area is 115 Å². The minimum absolute atomic E-state index is 0.0513. The summed E-state index contributed by atoms with van der Waals surface area (Å²) in [5, 5.41) is 0. The molecule has 5 heteroatoms. The van der Waals surface area contributed by atoms with Gasteiger partial charge in [0.1, 0.15) is 11.6 Å². The lowest BCUT2D eigenvalue weighted by atomic mass is 9.98. The maximum atomic E-state index is 13.6. The molecule has 1 unspecified atom stereocenters. The van der Waals surface area contributed by atoms with Crippen molar-refractivity contribution >= 4 is 0 Å². The van der Waals surface area contributed by atoms with E-state index in [1.807, 2.05) is 0 Å². The fraction of sp³-hybridized carbons (Fsp3) is 0.200. The number of hydrogen-bond acceptors (Lipinski definition) is 2. The Morgan fingerprint density at radius 2 is 1.70 bits per heavy atom. The quantitative estimate of drug-likeness (QED) is 0.932. The fourth-order valence-electron chi connectivity index (χ4n) is 1.98. The first-order chi connectivity index (χ1) is 9.52. The maximum Gasteiger partial charge on any atom is 0.165 e. The number of methoxy groups -OCH3 is 1. The van der Waals surface area contributed by atoms with E-state index in [-0.39, 0.29) is 17.7 Å². The summed E-state index contributed by atoms with van der Waals surface area (Å²) in [6.07, 6.45) is -0.0513. The van der Waals surface area contributed by atoms with Crippen LogP contribution in [0, 0.1) is 17.5 Å². The zero-order valence-corrected chi connectivity index (χ0v) is 10.9. The summed E-state index contributed by atoms with van der Waals surface area (Å²) in [4.78, 5) is 0. The molecule has 0 aliphatic heterocycles. The number of ether oxygens (including phenoxy) is 1. The van der Waals surface area contributed by atoms with Crippen molar-refractivity contribution in [3.8, 4) is 5.75 Å². The molecule has 2 N–H and O–H groups in total. The molecule has 0 aliphatic rings. The standard InChI is InChI=1S/C15H14F3NO/c1-20-15-6-5-9(7-13(15)18)14(19)8-10-11(16)3-2-4-12(10)17/h2-7,14H,8,19H2,1H3. The molecule has 2 rings (SSSR count). The maximum absolute atomic E-state index is 13.6. The molecule has 2 aromatic rings. The summed E-state index contributed by atoms with van der Waals surface area (Å²) in [5.74, 6) is -1.78. The van der Waals surface area contributed by atoms with Crippen LogP contribution in [0.4, 0.5) is 13.2 Å². The van der Waals surface area contributed by atoms with Crippen molar-refractivity contribution in [2.75, 3.05) is 7.11 Å². The van der Waals surface area contributed by atoms with Crippen LogP contribution in [-0.2, 0) is 6.42 Å². The Morgan fingerprint density at radius 1 is 1.05 bits per heavy atom. The number of hydrogen-bond donors (Lipinski definition) is 1. The van der Waals surface area contributed by atoms with E-state index < -0.39 is 23.5 Å². The van der Waals surface area contributed by atoms with E-state index in [9.17, 15) is 13.2 Å². The Morgan fingerprint density at radius 3 is 2.25 bits per heavy atom. The van der Waals surface area contributed by atoms with Crippen LogP contribution in [0.2, 0.25) is 0 Å². The van der Waals surface area contributed by atoms with Crippen LogP contribution in [0.3, 0.4) is 0 Å². The summed E-state index contributed by atoms with van der Waals surface area (Å²) in [7, 11) is 1.35. The summed E-state index contributed by atoms with van der Waals surface area (Å²) >= 11 is 0. The second-order valence-corrected chi connectivity index (χ2v) is 4.40. The summed E-state index contributed by atoms with van der Waals surface area (Å²) in [5.41, 5.74) is 6.23. The van der Waals surface area contributed by atoms with E-state index in [1.165, 1.54) is 37.4 Å². The summed E-state index contributed by atoms with van der Waals surface area (Å²) in [6.45, 7) is 0. The third kappa shape index (κ3) is 2.93. The Kier molecular flexibility index (Phi) is 4.29. The average molecular weight is 281 g/mol. The Bertz CT molecular complexity index is 596. The van der Waals surface area contributed by atoms with E-state index in [4.69, 9.17) is 10.5 Å². The van der Waals surface area contributed by atoms with Gasteiger partial charge in [0.25, 0.3) is 0 Å². The van der Waals surface area contributed by atoms with Crippen molar-refractivity contribution in [3.63, 3.8) is 0 Å². The van der Waals surface area contributed by atoms with Gasteiger partial charge in [0.2, 0.25) is 0 Å². The van der Waals surface area contributed by atoms with Crippen LogP contribution in [0.5, 0.6) is 5.75 Å². The SMILES string of the molecule is COc1ccc(C(N)Cc2c(F)cccc2F)cc1F. The van der Waals surface area contributed by atoms with Crippen molar-refractivity contribution in [2.24, 2.45) is 5.73 Å². The average Bonchev–Trinajstić information content (AvgIpc) is 2.42. The van der Waals surface area contributed by atoms with Gasteiger partial charge in [0.05, 0.1) is 7.11 Å². The topological polar surface area (TPSA) is 35.2 Å². The second-order valence-electron chi connectivity index (χ2n) is 4.40. The van der Waals surface area contributed by atoms with Gasteiger partial charge >= 0.3 is 0 Å². The molecule has 20 heavy (non-hydrogen) atoms. The van der Waals surface area contributed by atoms with Gasteiger partial charge in [-0.15, -0.1) is 0 Å². The molecule has 0 amide bonds. The molecule has 0 saturated carbocycles. The second kappa shape index (κ2) is 5.96. The monoisotopic (exact) mass is 281 g/mol. The van der Waals surface area contributed by atoms with Crippen molar-refractivity contribution in [1.82, 2.24) is 0 Å². The number of halogens is 3. The highest BCUT2D eigenvalue weighted by molar-refractivity contribution is 5.32. The van der Waals surface area contributed by atoms with E-state index >= 15 is 0 Å². The highest BCUT2D eigenvalue weighted by atomic mass is 19.1. The first-order valence-electron chi connectivity index (χ1n) is 6.05. The molecule has 0 aliphatic carbocycles.